The number of hydrogen-bond donors (Lipinski definition) is 1. The van der Waals surface area contributed by atoms with Gasteiger partial charge in [-0.3, -0.25) is 10.1 Å². The van der Waals surface area contributed by atoms with Gasteiger partial charge >= 0.3 is 0 Å². The summed E-state index contributed by atoms with van der Waals surface area (Å²) in [6.07, 6.45) is 0. The third-order valence-corrected chi connectivity index (χ3v) is 6.62. The smallest absolute Gasteiger partial charge is 0.267 e. The number of anilines is 2. The Kier molecular flexibility index (Phi) is 5.75. The Bertz CT molecular complexity index is 944. The molecule has 3 aromatic rings. The zero-order valence-corrected chi connectivity index (χ0v) is 17.6. The summed E-state index contributed by atoms with van der Waals surface area (Å²) in [6, 6.07) is 12.2. The lowest BCUT2D eigenvalue weighted by molar-refractivity contribution is 0.103. The fourth-order valence-electron chi connectivity index (χ4n) is 3.09. The van der Waals surface area contributed by atoms with E-state index < -0.39 is 0 Å². The fraction of sp³-hybridized carbons (Fsp3) is 0.333. The van der Waals surface area contributed by atoms with Gasteiger partial charge < -0.3 is 9.64 Å². The lowest BCUT2D eigenvalue weighted by Gasteiger charge is -2.28. The number of rotatable bonds is 5. The Morgan fingerprint density at radius 2 is 1.96 bits per heavy atom. The number of morpholine rings is 1. The number of ether oxygens (including phenoxy) is 1. The van der Waals surface area contributed by atoms with Crippen molar-refractivity contribution in [2.24, 2.45) is 0 Å². The number of nitrogens with one attached hydrogen (secondary N) is 1. The van der Waals surface area contributed by atoms with Crippen molar-refractivity contribution in [1.82, 2.24) is 4.98 Å². The fourth-order valence-corrected chi connectivity index (χ4v) is 5.08. The van der Waals surface area contributed by atoms with Crippen molar-refractivity contribution in [1.29, 1.82) is 0 Å². The summed E-state index contributed by atoms with van der Waals surface area (Å²) in [4.78, 5) is 20.4. The Morgan fingerprint density at radius 1 is 1.21 bits per heavy atom. The first-order valence-electron chi connectivity index (χ1n) is 9.40. The van der Waals surface area contributed by atoms with Gasteiger partial charge in [0.2, 0.25) is 0 Å². The lowest BCUT2D eigenvalue weighted by atomic mass is 10.1. The van der Waals surface area contributed by atoms with Crippen LogP contribution in [-0.2, 0) is 4.74 Å². The van der Waals surface area contributed by atoms with Crippen molar-refractivity contribution in [3.8, 4) is 11.1 Å². The van der Waals surface area contributed by atoms with Crippen LogP contribution in [0.15, 0.2) is 41.8 Å². The predicted octanol–water partition coefficient (Wildman–Crippen LogP) is 5.08. The van der Waals surface area contributed by atoms with Crippen molar-refractivity contribution in [2.45, 2.75) is 19.8 Å². The van der Waals surface area contributed by atoms with Gasteiger partial charge in [0.05, 0.1) is 28.8 Å². The third-order valence-electron chi connectivity index (χ3n) is 4.65. The standard InChI is InChI=1S/C21H23N3O2S2/c1-14(2)17-13-27-21(22-17)23-19(25)18-12-16(15-6-4-3-5-7-15)20(28-18)24-8-10-26-11-9-24/h3-7,12-14H,8-11H2,1-2H3,(H,22,23,25). The van der Waals surface area contributed by atoms with Crippen LogP contribution in [0.1, 0.15) is 35.1 Å². The average Bonchev–Trinajstić information content (AvgIpc) is 3.37. The van der Waals surface area contributed by atoms with Gasteiger partial charge in [0, 0.05) is 24.0 Å². The van der Waals surface area contributed by atoms with E-state index in [9.17, 15) is 4.79 Å². The van der Waals surface area contributed by atoms with Gasteiger partial charge in [-0.2, -0.15) is 0 Å². The van der Waals surface area contributed by atoms with Crippen LogP contribution in [0.25, 0.3) is 11.1 Å². The van der Waals surface area contributed by atoms with Gasteiger partial charge in [0.1, 0.15) is 0 Å². The largest absolute Gasteiger partial charge is 0.378 e. The van der Waals surface area contributed by atoms with Gasteiger partial charge in [-0.1, -0.05) is 44.2 Å². The quantitative estimate of drug-likeness (QED) is 0.633. The Balaban J connectivity index is 1.63. The normalized spacial score (nSPS) is 14.5. The third kappa shape index (κ3) is 4.11. The monoisotopic (exact) mass is 413 g/mol. The number of nitrogens with zero attached hydrogens (tertiary/aromatic N) is 2. The van der Waals surface area contributed by atoms with Crippen LogP contribution in [0, 0.1) is 0 Å². The molecule has 1 aromatic carbocycles. The van der Waals surface area contributed by atoms with E-state index in [4.69, 9.17) is 4.74 Å². The number of thiophene rings is 1. The molecular formula is C21H23N3O2S2. The molecule has 0 atom stereocenters. The first-order chi connectivity index (χ1) is 13.6. The zero-order chi connectivity index (χ0) is 19.5. The number of carbonyl (C=O) groups excluding carboxylic acids is 1. The number of thiazole rings is 1. The van der Waals surface area contributed by atoms with Crippen LogP contribution < -0.4 is 10.2 Å². The van der Waals surface area contributed by atoms with Gasteiger partial charge in [-0.25, -0.2) is 4.98 Å². The number of carbonyl (C=O) groups is 1. The van der Waals surface area contributed by atoms with E-state index in [1.807, 2.05) is 29.6 Å². The van der Waals surface area contributed by atoms with E-state index in [1.54, 1.807) is 0 Å². The molecule has 4 rings (SSSR count). The van der Waals surface area contributed by atoms with Crippen LogP contribution in [-0.4, -0.2) is 37.2 Å². The molecule has 2 aromatic heterocycles. The Labute approximate surface area is 173 Å². The summed E-state index contributed by atoms with van der Waals surface area (Å²) >= 11 is 3.01. The van der Waals surface area contributed by atoms with Crippen molar-refractivity contribution < 1.29 is 9.53 Å². The topological polar surface area (TPSA) is 54.5 Å². The van der Waals surface area contributed by atoms with Crippen LogP contribution in [0.3, 0.4) is 0 Å². The minimum absolute atomic E-state index is 0.105. The second-order valence-electron chi connectivity index (χ2n) is 6.98. The van der Waals surface area contributed by atoms with Gasteiger partial charge in [-0.15, -0.1) is 22.7 Å². The highest BCUT2D eigenvalue weighted by Crippen LogP contribution is 2.39. The Morgan fingerprint density at radius 3 is 2.64 bits per heavy atom. The summed E-state index contributed by atoms with van der Waals surface area (Å²) in [5.41, 5.74) is 3.22. The SMILES string of the molecule is CC(C)c1csc(NC(=O)c2cc(-c3ccccc3)c(N3CCOCC3)s2)n1. The molecule has 1 saturated heterocycles. The highest BCUT2D eigenvalue weighted by molar-refractivity contribution is 7.19. The van der Waals surface area contributed by atoms with E-state index in [-0.39, 0.29) is 5.91 Å². The summed E-state index contributed by atoms with van der Waals surface area (Å²) in [6.45, 7) is 7.30. The summed E-state index contributed by atoms with van der Waals surface area (Å²) in [5.74, 6) is 0.243. The summed E-state index contributed by atoms with van der Waals surface area (Å²) in [5, 5.41) is 6.74. The van der Waals surface area contributed by atoms with Gasteiger partial charge in [0.25, 0.3) is 5.91 Å². The minimum atomic E-state index is -0.105. The predicted molar refractivity (Wildman–Crippen MR) is 117 cm³/mol. The molecule has 0 aliphatic carbocycles. The number of hydrogen-bond acceptors (Lipinski definition) is 6. The van der Waals surface area contributed by atoms with Crippen molar-refractivity contribution in [3.63, 3.8) is 0 Å². The number of aromatic nitrogens is 1. The maximum atomic E-state index is 12.9. The molecule has 0 unspecified atom stereocenters. The molecule has 0 bridgehead atoms. The van der Waals surface area contributed by atoms with E-state index in [0.717, 1.165) is 34.9 Å². The second-order valence-corrected chi connectivity index (χ2v) is 8.87. The number of amides is 1. The molecule has 1 N–H and O–H groups in total. The molecule has 28 heavy (non-hydrogen) atoms. The lowest BCUT2D eigenvalue weighted by Crippen LogP contribution is -2.35. The van der Waals surface area contributed by atoms with Crippen molar-refractivity contribution in [3.05, 3.63) is 52.3 Å². The van der Waals surface area contributed by atoms with Crippen molar-refractivity contribution >= 4 is 38.7 Å². The molecule has 1 aliphatic heterocycles. The molecule has 146 valence electrons. The van der Waals surface area contributed by atoms with Gasteiger partial charge in [-0.05, 0) is 17.5 Å². The zero-order valence-electron chi connectivity index (χ0n) is 16.0. The van der Waals surface area contributed by atoms with E-state index in [2.05, 4.69) is 41.2 Å². The molecule has 7 heteroatoms. The van der Waals surface area contributed by atoms with Crippen LogP contribution in [0.2, 0.25) is 0 Å². The van der Waals surface area contributed by atoms with Crippen molar-refractivity contribution in [2.75, 3.05) is 36.5 Å². The van der Waals surface area contributed by atoms with Crippen LogP contribution in [0.4, 0.5) is 10.1 Å². The maximum absolute atomic E-state index is 12.9. The van der Waals surface area contributed by atoms with Crippen LogP contribution >= 0.6 is 22.7 Å². The van der Waals surface area contributed by atoms with E-state index in [1.165, 1.54) is 22.7 Å². The molecule has 1 fully saturated rings. The van der Waals surface area contributed by atoms with E-state index in [0.29, 0.717) is 29.1 Å². The molecular weight excluding hydrogens is 390 g/mol. The summed E-state index contributed by atoms with van der Waals surface area (Å²) < 4.78 is 5.50. The first-order valence-corrected chi connectivity index (χ1v) is 11.1. The van der Waals surface area contributed by atoms with E-state index >= 15 is 0 Å². The molecule has 1 aliphatic rings. The first kappa shape index (κ1) is 19.1. The molecule has 5 nitrogen and oxygen atoms in total. The maximum Gasteiger partial charge on any atom is 0.267 e. The Hall–Kier alpha value is -2.22. The highest BCUT2D eigenvalue weighted by Gasteiger charge is 2.22. The minimum Gasteiger partial charge on any atom is -0.378 e. The summed E-state index contributed by atoms with van der Waals surface area (Å²) in [7, 11) is 0. The molecule has 3 heterocycles. The highest BCUT2D eigenvalue weighted by atomic mass is 32.1. The van der Waals surface area contributed by atoms with Gasteiger partial charge in [0.15, 0.2) is 5.13 Å². The molecule has 1 amide bonds. The molecule has 0 spiro atoms. The number of benzene rings is 1. The second kappa shape index (κ2) is 8.43. The average molecular weight is 414 g/mol. The van der Waals surface area contributed by atoms with Crippen LogP contribution in [0.5, 0.6) is 0 Å². The molecule has 0 saturated carbocycles. The molecule has 0 radical (unpaired) electrons.